The van der Waals surface area contributed by atoms with Crippen molar-refractivity contribution in [2.45, 2.75) is 20.3 Å². The molecule has 7 nitrogen and oxygen atoms in total. The summed E-state index contributed by atoms with van der Waals surface area (Å²) < 4.78 is 0. The van der Waals surface area contributed by atoms with Gasteiger partial charge in [0, 0.05) is 20.6 Å². The van der Waals surface area contributed by atoms with E-state index < -0.39 is 17.9 Å². The first kappa shape index (κ1) is 17.2. The van der Waals surface area contributed by atoms with Gasteiger partial charge >= 0.3 is 12.0 Å². The number of amides is 3. The Kier molecular flexibility index (Phi) is 7.55. The van der Waals surface area contributed by atoms with Crippen molar-refractivity contribution >= 4 is 17.9 Å². The summed E-state index contributed by atoms with van der Waals surface area (Å²) in [6.07, 6.45) is 0.492. The molecule has 3 amide bonds. The summed E-state index contributed by atoms with van der Waals surface area (Å²) in [5.74, 6) is -1.54. The smallest absolute Gasteiger partial charge is 0.315 e. The number of carbonyl (C=O) groups excluding carboxylic acids is 2. The topological polar surface area (TPSA) is 98.7 Å². The molecule has 0 saturated heterocycles. The predicted molar refractivity (Wildman–Crippen MR) is 70.7 cm³/mol. The van der Waals surface area contributed by atoms with Crippen LogP contribution in [0.1, 0.15) is 20.3 Å². The minimum absolute atomic E-state index is 0.0511. The van der Waals surface area contributed by atoms with Crippen LogP contribution in [0, 0.1) is 11.8 Å². The number of nitrogens with one attached hydrogen (secondary N) is 2. The van der Waals surface area contributed by atoms with Crippen LogP contribution in [0.4, 0.5) is 4.79 Å². The second-order valence-corrected chi connectivity index (χ2v) is 5.02. The third-order valence-electron chi connectivity index (χ3n) is 2.51. The number of rotatable bonds is 7. The predicted octanol–water partition coefficient (Wildman–Crippen LogP) is 0.121. The van der Waals surface area contributed by atoms with Gasteiger partial charge in [-0.15, -0.1) is 0 Å². The Hall–Kier alpha value is -1.79. The molecule has 110 valence electrons. The molecule has 0 rings (SSSR count). The van der Waals surface area contributed by atoms with Crippen LogP contribution >= 0.6 is 0 Å². The van der Waals surface area contributed by atoms with Crippen molar-refractivity contribution in [2.24, 2.45) is 11.8 Å². The summed E-state index contributed by atoms with van der Waals surface area (Å²) in [5, 5.41) is 13.8. The van der Waals surface area contributed by atoms with Crippen LogP contribution in [0.2, 0.25) is 0 Å². The van der Waals surface area contributed by atoms with Crippen molar-refractivity contribution in [2.75, 3.05) is 27.2 Å². The van der Waals surface area contributed by atoms with Crippen molar-refractivity contribution in [3.8, 4) is 0 Å². The summed E-state index contributed by atoms with van der Waals surface area (Å²) in [4.78, 5) is 35.0. The molecule has 0 aromatic heterocycles. The van der Waals surface area contributed by atoms with Gasteiger partial charge in [-0.25, -0.2) is 4.79 Å². The van der Waals surface area contributed by atoms with E-state index in [0.717, 1.165) is 0 Å². The number of nitrogens with zero attached hydrogens (tertiary/aromatic N) is 1. The fraction of sp³-hybridized carbons (Fsp3) is 0.750. The maximum absolute atomic E-state index is 11.4. The van der Waals surface area contributed by atoms with Gasteiger partial charge in [-0.2, -0.15) is 0 Å². The van der Waals surface area contributed by atoms with E-state index in [2.05, 4.69) is 10.6 Å². The molecule has 3 N–H and O–H groups in total. The van der Waals surface area contributed by atoms with E-state index in [1.807, 2.05) is 13.8 Å². The number of urea groups is 1. The quantitative estimate of drug-likeness (QED) is 0.613. The van der Waals surface area contributed by atoms with Crippen molar-refractivity contribution in [1.82, 2.24) is 15.5 Å². The number of carbonyl (C=O) groups is 3. The molecule has 7 heteroatoms. The highest BCUT2D eigenvalue weighted by molar-refractivity contribution is 5.83. The van der Waals surface area contributed by atoms with E-state index in [1.165, 1.54) is 4.90 Å². The Bertz CT molecular complexity index is 329. The van der Waals surface area contributed by atoms with E-state index >= 15 is 0 Å². The number of carboxylic acid groups (broad SMARTS) is 1. The lowest BCUT2D eigenvalue weighted by atomic mass is 9.97. The zero-order chi connectivity index (χ0) is 15.0. The second kappa shape index (κ2) is 8.34. The monoisotopic (exact) mass is 273 g/mol. The maximum atomic E-state index is 11.4. The molecule has 0 bridgehead atoms. The van der Waals surface area contributed by atoms with Crippen LogP contribution in [0.25, 0.3) is 0 Å². The highest BCUT2D eigenvalue weighted by atomic mass is 16.4. The largest absolute Gasteiger partial charge is 0.481 e. The van der Waals surface area contributed by atoms with Crippen molar-refractivity contribution in [3.05, 3.63) is 0 Å². The van der Waals surface area contributed by atoms with Crippen LogP contribution in [-0.2, 0) is 9.59 Å². The Balaban J connectivity index is 4.05. The normalized spacial score (nSPS) is 11.8. The third-order valence-corrected chi connectivity index (χ3v) is 2.51. The van der Waals surface area contributed by atoms with E-state index in [-0.39, 0.29) is 24.9 Å². The molecule has 0 aromatic rings. The average Bonchev–Trinajstić information content (AvgIpc) is 2.30. The Morgan fingerprint density at radius 2 is 1.74 bits per heavy atom. The zero-order valence-corrected chi connectivity index (χ0v) is 11.9. The van der Waals surface area contributed by atoms with Gasteiger partial charge in [0.25, 0.3) is 0 Å². The molecule has 0 aliphatic rings. The van der Waals surface area contributed by atoms with Crippen molar-refractivity contribution < 1.29 is 19.5 Å². The Morgan fingerprint density at radius 3 is 2.16 bits per heavy atom. The van der Waals surface area contributed by atoms with E-state index in [0.29, 0.717) is 6.42 Å². The lowest BCUT2D eigenvalue weighted by molar-refractivity contribution is -0.142. The Morgan fingerprint density at radius 1 is 1.16 bits per heavy atom. The van der Waals surface area contributed by atoms with Gasteiger partial charge in [0.05, 0.1) is 12.5 Å². The molecule has 0 spiro atoms. The molecule has 0 fully saturated rings. The van der Waals surface area contributed by atoms with E-state index in [4.69, 9.17) is 5.11 Å². The summed E-state index contributed by atoms with van der Waals surface area (Å²) in [6.45, 7) is 3.79. The third kappa shape index (κ3) is 8.01. The van der Waals surface area contributed by atoms with Gasteiger partial charge in [-0.1, -0.05) is 13.8 Å². The average molecular weight is 273 g/mol. The zero-order valence-electron chi connectivity index (χ0n) is 11.9. The summed E-state index contributed by atoms with van der Waals surface area (Å²) in [6, 6.07) is -0.537. The standard InChI is InChI=1S/C12H23N3O4/c1-8(2)5-9(11(17)18)6-13-12(19)14-7-10(16)15(3)4/h8-9H,5-7H2,1-4H3,(H,17,18)(H2,13,14,19). The van der Waals surface area contributed by atoms with Crippen LogP contribution < -0.4 is 10.6 Å². The first-order valence-corrected chi connectivity index (χ1v) is 6.18. The Labute approximate surface area is 113 Å². The molecular formula is C12H23N3O4. The van der Waals surface area contributed by atoms with Gasteiger partial charge < -0.3 is 20.6 Å². The molecule has 19 heavy (non-hydrogen) atoms. The molecule has 0 aliphatic heterocycles. The first-order chi connectivity index (χ1) is 8.73. The van der Waals surface area contributed by atoms with Crippen LogP contribution in [-0.4, -0.2) is 55.1 Å². The fourth-order valence-electron chi connectivity index (χ4n) is 1.43. The minimum atomic E-state index is -0.932. The van der Waals surface area contributed by atoms with Crippen LogP contribution in [0.3, 0.4) is 0 Å². The molecule has 0 radical (unpaired) electrons. The number of hydrogen-bond donors (Lipinski definition) is 3. The van der Waals surface area contributed by atoms with Gasteiger partial charge in [-0.05, 0) is 12.3 Å². The lowest BCUT2D eigenvalue weighted by Crippen LogP contribution is -2.44. The minimum Gasteiger partial charge on any atom is -0.481 e. The van der Waals surface area contributed by atoms with Gasteiger partial charge in [0.2, 0.25) is 5.91 Å². The SMILES string of the molecule is CC(C)CC(CNC(=O)NCC(=O)N(C)C)C(=O)O. The molecule has 0 saturated carbocycles. The van der Waals surface area contributed by atoms with Crippen LogP contribution in [0.5, 0.6) is 0 Å². The number of carboxylic acids is 1. The fourth-order valence-corrected chi connectivity index (χ4v) is 1.43. The molecule has 0 aromatic carbocycles. The maximum Gasteiger partial charge on any atom is 0.315 e. The highest BCUT2D eigenvalue weighted by Crippen LogP contribution is 2.10. The van der Waals surface area contributed by atoms with Crippen molar-refractivity contribution in [1.29, 1.82) is 0 Å². The summed E-state index contributed by atoms with van der Waals surface area (Å²) in [5.41, 5.74) is 0. The second-order valence-electron chi connectivity index (χ2n) is 5.02. The molecular weight excluding hydrogens is 250 g/mol. The lowest BCUT2D eigenvalue weighted by Gasteiger charge is -2.16. The summed E-state index contributed by atoms with van der Waals surface area (Å²) in [7, 11) is 3.18. The number of likely N-dealkylation sites (N-methyl/N-ethyl adjacent to an activating group) is 1. The van der Waals surface area contributed by atoms with Gasteiger partial charge in [-0.3, -0.25) is 9.59 Å². The van der Waals surface area contributed by atoms with E-state index in [9.17, 15) is 14.4 Å². The number of aliphatic carboxylic acids is 1. The van der Waals surface area contributed by atoms with Gasteiger partial charge in [0.15, 0.2) is 0 Å². The van der Waals surface area contributed by atoms with Crippen molar-refractivity contribution in [3.63, 3.8) is 0 Å². The first-order valence-electron chi connectivity index (χ1n) is 6.18. The van der Waals surface area contributed by atoms with Gasteiger partial charge in [0.1, 0.15) is 0 Å². The molecule has 0 aliphatic carbocycles. The highest BCUT2D eigenvalue weighted by Gasteiger charge is 2.19. The molecule has 0 heterocycles. The number of hydrogen-bond acceptors (Lipinski definition) is 3. The van der Waals surface area contributed by atoms with Crippen LogP contribution in [0.15, 0.2) is 0 Å². The summed E-state index contributed by atoms with van der Waals surface area (Å²) >= 11 is 0. The molecule has 1 atom stereocenters. The molecule has 1 unspecified atom stereocenters. The van der Waals surface area contributed by atoms with E-state index in [1.54, 1.807) is 14.1 Å².